The lowest BCUT2D eigenvalue weighted by molar-refractivity contribution is 0.115. The molecule has 2 N–H and O–H groups in total. The standard InChI is InChI=1S/C11H17N3OS/c12-10-13-5-9(16-10)6-14-3-4-15-8-11(7-14)1-2-11/h5H,1-4,6-8H2,(H2,12,13). The van der Waals surface area contributed by atoms with Gasteiger partial charge in [0.2, 0.25) is 0 Å². The lowest BCUT2D eigenvalue weighted by Crippen LogP contribution is -2.30. The van der Waals surface area contributed by atoms with Crippen LogP contribution in [0.3, 0.4) is 0 Å². The third kappa shape index (κ3) is 2.21. The molecule has 0 unspecified atom stereocenters. The summed E-state index contributed by atoms with van der Waals surface area (Å²) in [6.07, 6.45) is 4.55. The molecule has 1 aliphatic heterocycles. The fourth-order valence-corrected chi connectivity index (χ4v) is 3.04. The van der Waals surface area contributed by atoms with Crippen LogP contribution >= 0.6 is 11.3 Å². The van der Waals surface area contributed by atoms with Gasteiger partial charge in [-0.2, -0.15) is 0 Å². The summed E-state index contributed by atoms with van der Waals surface area (Å²) in [4.78, 5) is 7.83. The molecule has 0 aromatic carbocycles. The van der Waals surface area contributed by atoms with Crippen molar-refractivity contribution in [2.45, 2.75) is 19.4 Å². The van der Waals surface area contributed by atoms with E-state index in [1.807, 2.05) is 6.20 Å². The first-order valence-electron chi connectivity index (χ1n) is 5.76. The predicted molar refractivity (Wildman–Crippen MR) is 64.3 cm³/mol. The van der Waals surface area contributed by atoms with E-state index in [0.717, 1.165) is 26.3 Å². The van der Waals surface area contributed by atoms with Crippen LogP contribution < -0.4 is 5.73 Å². The molecule has 1 saturated heterocycles. The average molecular weight is 239 g/mol. The predicted octanol–water partition coefficient (Wildman–Crippen LogP) is 1.34. The maximum atomic E-state index is 5.67. The van der Waals surface area contributed by atoms with E-state index in [1.165, 1.54) is 24.3 Å². The van der Waals surface area contributed by atoms with Gasteiger partial charge < -0.3 is 10.5 Å². The molecular formula is C11H17N3OS. The van der Waals surface area contributed by atoms with Gasteiger partial charge in [-0.15, -0.1) is 11.3 Å². The maximum absolute atomic E-state index is 5.67. The molecule has 2 heterocycles. The van der Waals surface area contributed by atoms with Crippen LogP contribution in [0.25, 0.3) is 0 Å². The highest BCUT2D eigenvalue weighted by molar-refractivity contribution is 7.15. The van der Waals surface area contributed by atoms with E-state index >= 15 is 0 Å². The van der Waals surface area contributed by atoms with Crippen LogP contribution in [0.15, 0.2) is 6.20 Å². The largest absolute Gasteiger partial charge is 0.379 e. The second-order valence-electron chi connectivity index (χ2n) is 4.93. The minimum absolute atomic E-state index is 0.479. The lowest BCUT2D eigenvalue weighted by atomic mass is 10.1. The van der Waals surface area contributed by atoms with Crippen LogP contribution in [0.5, 0.6) is 0 Å². The third-order valence-electron chi connectivity index (χ3n) is 3.43. The fourth-order valence-electron chi connectivity index (χ4n) is 2.31. The number of nitrogen functional groups attached to an aromatic ring is 1. The second-order valence-corrected chi connectivity index (χ2v) is 6.07. The van der Waals surface area contributed by atoms with Crippen LogP contribution in [0.4, 0.5) is 5.13 Å². The van der Waals surface area contributed by atoms with Crippen molar-refractivity contribution in [3.05, 3.63) is 11.1 Å². The van der Waals surface area contributed by atoms with E-state index < -0.39 is 0 Å². The average Bonchev–Trinajstić information content (AvgIpc) is 2.95. The van der Waals surface area contributed by atoms with E-state index in [4.69, 9.17) is 10.5 Å². The zero-order chi connectivity index (χ0) is 11.0. The summed E-state index contributed by atoms with van der Waals surface area (Å²) in [6.45, 7) is 4.98. The van der Waals surface area contributed by atoms with E-state index in [0.29, 0.717) is 10.5 Å². The number of ether oxygens (including phenoxy) is 1. The van der Waals surface area contributed by atoms with Gasteiger partial charge in [0.05, 0.1) is 13.2 Å². The Bertz CT molecular complexity index is 375. The normalized spacial score (nSPS) is 24.5. The molecule has 0 amide bonds. The Morgan fingerprint density at radius 1 is 1.56 bits per heavy atom. The van der Waals surface area contributed by atoms with Crippen molar-refractivity contribution in [3.8, 4) is 0 Å². The Kier molecular flexibility index (Phi) is 2.61. The summed E-state index contributed by atoms with van der Waals surface area (Å²) < 4.78 is 5.67. The Labute approximate surface area is 99.4 Å². The minimum atomic E-state index is 0.479. The smallest absolute Gasteiger partial charge is 0.180 e. The van der Waals surface area contributed by atoms with Crippen LogP contribution in [0.2, 0.25) is 0 Å². The van der Waals surface area contributed by atoms with Crippen molar-refractivity contribution < 1.29 is 4.74 Å². The van der Waals surface area contributed by atoms with Gasteiger partial charge in [0.25, 0.3) is 0 Å². The van der Waals surface area contributed by atoms with E-state index in [1.54, 1.807) is 11.3 Å². The highest BCUT2D eigenvalue weighted by Crippen LogP contribution is 2.47. The minimum Gasteiger partial charge on any atom is -0.379 e. The number of nitrogens with zero attached hydrogens (tertiary/aromatic N) is 2. The molecule has 1 spiro atoms. The van der Waals surface area contributed by atoms with Gasteiger partial charge in [0, 0.05) is 36.1 Å². The summed E-state index contributed by atoms with van der Waals surface area (Å²) >= 11 is 1.59. The number of hydrogen-bond donors (Lipinski definition) is 1. The first kappa shape index (κ1) is 10.5. The van der Waals surface area contributed by atoms with Crippen molar-refractivity contribution in [2.75, 3.05) is 32.0 Å². The van der Waals surface area contributed by atoms with Crippen LogP contribution in [-0.2, 0) is 11.3 Å². The van der Waals surface area contributed by atoms with Gasteiger partial charge in [0.1, 0.15) is 0 Å². The Hall–Kier alpha value is -0.650. The fraction of sp³-hybridized carbons (Fsp3) is 0.727. The number of hydrogen-bond acceptors (Lipinski definition) is 5. The van der Waals surface area contributed by atoms with Gasteiger partial charge in [0.15, 0.2) is 5.13 Å². The van der Waals surface area contributed by atoms with Gasteiger partial charge >= 0.3 is 0 Å². The quantitative estimate of drug-likeness (QED) is 0.846. The van der Waals surface area contributed by atoms with Crippen molar-refractivity contribution >= 4 is 16.5 Å². The molecule has 2 aliphatic rings. The molecule has 1 saturated carbocycles. The van der Waals surface area contributed by atoms with Crippen molar-refractivity contribution in [1.82, 2.24) is 9.88 Å². The topological polar surface area (TPSA) is 51.4 Å². The Morgan fingerprint density at radius 3 is 3.12 bits per heavy atom. The summed E-state index contributed by atoms with van der Waals surface area (Å²) in [7, 11) is 0. The lowest BCUT2D eigenvalue weighted by Gasteiger charge is -2.21. The first-order valence-corrected chi connectivity index (χ1v) is 6.58. The Morgan fingerprint density at radius 2 is 2.44 bits per heavy atom. The zero-order valence-corrected chi connectivity index (χ0v) is 10.1. The molecule has 0 bridgehead atoms. The van der Waals surface area contributed by atoms with Crippen molar-refractivity contribution in [1.29, 1.82) is 0 Å². The number of thiazole rings is 1. The number of rotatable bonds is 2. The number of anilines is 1. The molecule has 0 radical (unpaired) electrons. The van der Waals surface area contributed by atoms with Crippen LogP contribution in [-0.4, -0.2) is 36.2 Å². The molecule has 5 heteroatoms. The summed E-state index contributed by atoms with van der Waals surface area (Å²) in [6, 6.07) is 0. The molecule has 1 aromatic heterocycles. The van der Waals surface area contributed by atoms with Gasteiger partial charge in [-0.3, -0.25) is 4.90 Å². The molecule has 2 fully saturated rings. The molecule has 3 rings (SSSR count). The monoisotopic (exact) mass is 239 g/mol. The maximum Gasteiger partial charge on any atom is 0.180 e. The van der Waals surface area contributed by atoms with Crippen molar-refractivity contribution in [2.24, 2.45) is 5.41 Å². The molecule has 0 atom stereocenters. The molecule has 16 heavy (non-hydrogen) atoms. The molecular weight excluding hydrogens is 222 g/mol. The number of nitrogens with two attached hydrogens (primary N) is 1. The summed E-state index contributed by atoms with van der Waals surface area (Å²) in [5.74, 6) is 0. The second kappa shape index (κ2) is 3.98. The molecule has 88 valence electrons. The van der Waals surface area contributed by atoms with E-state index in [9.17, 15) is 0 Å². The SMILES string of the molecule is Nc1ncc(CN2CCOCC3(CC3)C2)s1. The van der Waals surface area contributed by atoms with Gasteiger partial charge in [-0.05, 0) is 12.8 Å². The molecule has 1 aliphatic carbocycles. The third-order valence-corrected chi connectivity index (χ3v) is 4.24. The van der Waals surface area contributed by atoms with Crippen LogP contribution in [0, 0.1) is 5.41 Å². The molecule has 1 aromatic rings. The van der Waals surface area contributed by atoms with Crippen molar-refractivity contribution in [3.63, 3.8) is 0 Å². The number of aromatic nitrogens is 1. The zero-order valence-electron chi connectivity index (χ0n) is 9.32. The molecule has 4 nitrogen and oxygen atoms in total. The van der Waals surface area contributed by atoms with E-state index in [-0.39, 0.29) is 0 Å². The van der Waals surface area contributed by atoms with Crippen LogP contribution in [0.1, 0.15) is 17.7 Å². The van der Waals surface area contributed by atoms with E-state index in [2.05, 4.69) is 9.88 Å². The first-order chi connectivity index (χ1) is 7.76. The highest BCUT2D eigenvalue weighted by Gasteiger charge is 2.45. The Balaban J connectivity index is 1.65. The van der Waals surface area contributed by atoms with Gasteiger partial charge in [-0.25, -0.2) is 4.98 Å². The van der Waals surface area contributed by atoms with Gasteiger partial charge in [-0.1, -0.05) is 0 Å². The highest BCUT2D eigenvalue weighted by atomic mass is 32.1. The summed E-state index contributed by atoms with van der Waals surface area (Å²) in [5.41, 5.74) is 6.12. The summed E-state index contributed by atoms with van der Waals surface area (Å²) in [5, 5.41) is 0.669.